The summed E-state index contributed by atoms with van der Waals surface area (Å²) in [6, 6.07) is 4.73. The monoisotopic (exact) mass is 286 g/mol. The second-order valence-electron chi connectivity index (χ2n) is 5.41. The Labute approximate surface area is 119 Å². The highest BCUT2D eigenvalue weighted by Gasteiger charge is 2.24. The van der Waals surface area contributed by atoms with Crippen LogP contribution in [0.15, 0.2) is 12.1 Å². The third-order valence-electron chi connectivity index (χ3n) is 3.42. The molecule has 0 amide bonds. The molecule has 0 spiro atoms. The minimum Gasteiger partial charge on any atom is -0.311 e. The quantitative estimate of drug-likeness (QED) is 0.735. The lowest BCUT2D eigenvalue weighted by atomic mass is 10.2. The Bertz CT molecular complexity index is 360. The third kappa shape index (κ3) is 4.88. The average molecular weight is 287 g/mol. The second-order valence-corrected chi connectivity index (χ2v) is 7.21. The highest BCUT2D eigenvalue weighted by molar-refractivity contribution is 7.16. The molecule has 1 fully saturated rings. The maximum absolute atomic E-state index is 5.91. The summed E-state index contributed by atoms with van der Waals surface area (Å²) in [5.74, 6) is 0.975. The zero-order valence-corrected chi connectivity index (χ0v) is 12.9. The Balaban J connectivity index is 1.63. The molecule has 0 atom stereocenters. The topological polar surface area (TPSA) is 15.3 Å². The summed E-state index contributed by atoms with van der Waals surface area (Å²) in [5, 5.41) is 3.50. The van der Waals surface area contributed by atoms with Crippen molar-refractivity contribution in [3.05, 3.63) is 21.3 Å². The van der Waals surface area contributed by atoms with E-state index in [1.807, 2.05) is 6.07 Å². The van der Waals surface area contributed by atoms with Crippen molar-refractivity contribution in [1.82, 2.24) is 10.2 Å². The zero-order valence-electron chi connectivity index (χ0n) is 11.3. The van der Waals surface area contributed by atoms with Crippen molar-refractivity contribution in [3.63, 3.8) is 0 Å². The van der Waals surface area contributed by atoms with Gasteiger partial charge in [-0.05, 0) is 44.7 Å². The zero-order chi connectivity index (χ0) is 13.0. The summed E-state index contributed by atoms with van der Waals surface area (Å²) in [6.07, 6.45) is 2.87. The summed E-state index contributed by atoms with van der Waals surface area (Å²) in [4.78, 5) is 3.91. The highest BCUT2D eigenvalue weighted by atomic mass is 35.5. The Morgan fingerprint density at radius 3 is 2.78 bits per heavy atom. The summed E-state index contributed by atoms with van der Waals surface area (Å²) in [7, 11) is 0. The molecule has 18 heavy (non-hydrogen) atoms. The van der Waals surface area contributed by atoms with E-state index in [1.165, 1.54) is 24.3 Å². The molecule has 0 bridgehead atoms. The van der Waals surface area contributed by atoms with Gasteiger partial charge < -0.3 is 5.32 Å². The van der Waals surface area contributed by atoms with Gasteiger partial charge in [0, 0.05) is 37.1 Å². The van der Waals surface area contributed by atoms with Crippen LogP contribution < -0.4 is 5.32 Å². The van der Waals surface area contributed by atoms with Crippen molar-refractivity contribution in [3.8, 4) is 0 Å². The number of nitrogens with one attached hydrogen (secondary N) is 1. The number of thiophene rings is 1. The van der Waals surface area contributed by atoms with Gasteiger partial charge in [-0.25, -0.2) is 0 Å². The lowest BCUT2D eigenvalue weighted by Crippen LogP contribution is -2.38. The van der Waals surface area contributed by atoms with Crippen LogP contribution in [0.25, 0.3) is 0 Å². The third-order valence-corrected chi connectivity index (χ3v) is 4.65. The van der Waals surface area contributed by atoms with Gasteiger partial charge in [0.15, 0.2) is 0 Å². The molecule has 0 saturated heterocycles. The highest BCUT2D eigenvalue weighted by Crippen LogP contribution is 2.30. The molecule has 1 N–H and O–H groups in total. The Hall–Kier alpha value is -0.0900. The number of nitrogens with zero attached hydrogens (tertiary/aromatic N) is 1. The second kappa shape index (κ2) is 6.90. The molecular formula is C14H23ClN2S. The number of rotatable bonds is 8. The van der Waals surface area contributed by atoms with Gasteiger partial charge in [0.05, 0.1) is 4.34 Å². The first kappa shape index (κ1) is 14.3. The van der Waals surface area contributed by atoms with E-state index in [0.29, 0.717) is 6.04 Å². The minimum absolute atomic E-state index is 0.656. The SMILES string of the molecule is CC(C)N(CCNCc1ccc(Cl)s1)CC1CC1. The molecule has 0 aromatic carbocycles. The van der Waals surface area contributed by atoms with Crippen molar-refractivity contribution >= 4 is 22.9 Å². The van der Waals surface area contributed by atoms with Crippen LogP contribution in [0.4, 0.5) is 0 Å². The lowest BCUT2D eigenvalue weighted by molar-refractivity contribution is 0.213. The molecule has 0 unspecified atom stereocenters. The fourth-order valence-corrected chi connectivity index (χ4v) is 3.13. The van der Waals surface area contributed by atoms with Gasteiger partial charge in [0.25, 0.3) is 0 Å². The van der Waals surface area contributed by atoms with E-state index in [9.17, 15) is 0 Å². The first-order chi connectivity index (χ1) is 8.65. The lowest BCUT2D eigenvalue weighted by Gasteiger charge is -2.26. The molecule has 2 nitrogen and oxygen atoms in total. The number of hydrogen-bond acceptors (Lipinski definition) is 3. The Morgan fingerprint density at radius 2 is 2.22 bits per heavy atom. The van der Waals surface area contributed by atoms with Crippen molar-refractivity contribution < 1.29 is 0 Å². The van der Waals surface area contributed by atoms with E-state index < -0.39 is 0 Å². The first-order valence-electron chi connectivity index (χ1n) is 6.84. The summed E-state index contributed by atoms with van der Waals surface area (Å²) in [5.41, 5.74) is 0. The molecule has 1 saturated carbocycles. The van der Waals surface area contributed by atoms with Crippen LogP contribution in [0.2, 0.25) is 4.34 Å². The van der Waals surface area contributed by atoms with E-state index in [-0.39, 0.29) is 0 Å². The normalized spacial score (nSPS) is 15.8. The first-order valence-corrected chi connectivity index (χ1v) is 8.03. The molecule has 102 valence electrons. The van der Waals surface area contributed by atoms with Gasteiger partial charge >= 0.3 is 0 Å². The van der Waals surface area contributed by atoms with E-state index in [0.717, 1.165) is 29.9 Å². The van der Waals surface area contributed by atoms with Gasteiger partial charge in [0.1, 0.15) is 0 Å². The average Bonchev–Trinajstić information content (AvgIpc) is 3.05. The fourth-order valence-electron chi connectivity index (χ4n) is 2.07. The summed E-state index contributed by atoms with van der Waals surface area (Å²) < 4.78 is 0.879. The number of halogens is 1. The molecule has 1 aromatic rings. The number of hydrogen-bond donors (Lipinski definition) is 1. The fraction of sp³-hybridized carbons (Fsp3) is 0.714. The smallest absolute Gasteiger partial charge is 0.0931 e. The molecule has 1 aliphatic rings. The van der Waals surface area contributed by atoms with Crippen molar-refractivity contribution in [2.24, 2.45) is 5.92 Å². The maximum Gasteiger partial charge on any atom is 0.0931 e. The van der Waals surface area contributed by atoms with E-state index in [1.54, 1.807) is 11.3 Å². The largest absolute Gasteiger partial charge is 0.311 e. The van der Waals surface area contributed by atoms with Gasteiger partial charge in [-0.2, -0.15) is 0 Å². The standard InChI is InChI=1S/C14H23ClN2S/c1-11(2)17(10-12-3-4-12)8-7-16-9-13-5-6-14(15)18-13/h5-6,11-12,16H,3-4,7-10H2,1-2H3. The summed E-state index contributed by atoms with van der Waals surface area (Å²) >= 11 is 7.57. The van der Waals surface area contributed by atoms with Crippen LogP contribution in [-0.4, -0.2) is 30.6 Å². The minimum atomic E-state index is 0.656. The molecular weight excluding hydrogens is 264 g/mol. The van der Waals surface area contributed by atoms with Crippen LogP contribution in [0.1, 0.15) is 31.6 Å². The predicted molar refractivity (Wildman–Crippen MR) is 80.5 cm³/mol. The summed E-state index contributed by atoms with van der Waals surface area (Å²) in [6.45, 7) is 9.01. The molecule has 4 heteroatoms. The Morgan fingerprint density at radius 1 is 1.44 bits per heavy atom. The van der Waals surface area contributed by atoms with Crippen molar-refractivity contribution in [2.45, 2.75) is 39.3 Å². The van der Waals surface area contributed by atoms with Crippen molar-refractivity contribution in [1.29, 1.82) is 0 Å². The van der Waals surface area contributed by atoms with Gasteiger partial charge in [0.2, 0.25) is 0 Å². The van der Waals surface area contributed by atoms with Crippen LogP contribution in [-0.2, 0) is 6.54 Å². The van der Waals surface area contributed by atoms with E-state index in [2.05, 4.69) is 30.1 Å². The molecule has 0 aliphatic heterocycles. The predicted octanol–water partition coefficient (Wildman–Crippen LogP) is 3.61. The van der Waals surface area contributed by atoms with Gasteiger partial charge in [-0.1, -0.05) is 11.6 Å². The van der Waals surface area contributed by atoms with Crippen LogP contribution in [0.3, 0.4) is 0 Å². The van der Waals surface area contributed by atoms with Gasteiger partial charge in [-0.15, -0.1) is 11.3 Å². The molecule has 2 rings (SSSR count). The molecule has 1 heterocycles. The van der Waals surface area contributed by atoms with Crippen LogP contribution in [0, 0.1) is 5.92 Å². The van der Waals surface area contributed by atoms with Crippen LogP contribution >= 0.6 is 22.9 Å². The van der Waals surface area contributed by atoms with Gasteiger partial charge in [-0.3, -0.25) is 4.90 Å². The maximum atomic E-state index is 5.91. The van der Waals surface area contributed by atoms with E-state index >= 15 is 0 Å². The van der Waals surface area contributed by atoms with Crippen molar-refractivity contribution in [2.75, 3.05) is 19.6 Å². The van der Waals surface area contributed by atoms with Crippen LogP contribution in [0.5, 0.6) is 0 Å². The van der Waals surface area contributed by atoms with E-state index in [4.69, 9.17) is 11.6 Å². The Kier molecular flexibility index (Phi) is 5.49. The molecule has 1 aromatic heterocycles. The molecule has 1 aliphatic carbocycles. The molecule has 0 radical (unpaired) electrons.